The molecule has 0 aromatic heterocycles. The number of amides is 1. The molecule has 0 atom stereocenters. The lowest BCUT2D eigenvalue weighted by Crippen LogP contribution is -2.45. The molecular formula is C17H18FN3O2S. The van der Waals surface area contributed by atoms with Gasteiger partial charge in [-0.25, -0.2) is 4.39 Å². The highest BCUT2D eigenvalue weighted by Crippen LogP contribution is 2.16. The smallest absolute Gasteiger partial charge is 0.276 e. The van der Waals surface area contributed by atoms with Crippen LogP contribution in [0, 0.1) is 19.7 Å². The molecule has 0 aliphatic heterocycles. The topological polar surface area (TPSA) is 62.4 Å². The number of hydrazine groups is 1. The zero-order valence-electron chi connectivity index (χ0n) is 13.4. The molecule has 3 N–H and O–H groups in total. The average Bonchev–Trinajstić information content (AvgIpc) is 2.56. The summed E-state index contributed by atoms with van der Waals surface area (Å²) in [5.74, 6) is -0.0898. The van der Waals surface area contributed by atoms with Crippen LogP contribution in [0.25, 0.3) is 0 Å². The van der Waals surface area contributed by atoms with Crippen LogP contribution in [0.1, 0.15) is 11.1 Å². The van der Waals surface area contributed by atoms with Crippen molar-refractivity contribution in [1.82, 2.24) is 10.9 Å². The van der Waals surface area contributed by atoms with Gasteiger partial charge in [-0.05, 0) is 73.6 Å². The number of ether oxygens (including phenoxy) is 1. The maximum Gasteiger partial charge on any atom is 0.276 e. The van der Waals surface area contributed by atoms with Gasteiger partial charge in [0, 0.05) is 5.69 Å². The van der Waals surface area contributed by atoms with Crippen molar-refractivity contribution in [2.24, 2.45) is 0 Å². The number of halogens is 1. The number of hydrogen-bond acceptors (Lipinski definition) is 3. The van der Waals surface area contributed by atoms with Gasteiger partial charge in [0.2, 0.25) is 0 Å². The maximum atomic E-state index is 12.8. The Labute approximate surface area is 145 Å². The molecule has 0 radical (unpaired) electrons. The molecule has 2 aromatic rings. The zero-order chi connectivity index (χ0) is 17.5. The Kier molecular flexibility index (Phi) is 6.08. The van der Waals surface area contributed by atoms with Gasteiger partial charge < -0.3 is 10.1 Å². The van der Waals surface area contributed by atoms with Crippen molar-refractivity contribution >= 4 is 28.9 Å². The first kappa shape index (κ1) is 17.7. The second kappa shape index (κ2) is 8.26. The maximum absolute atomic E-state index is 12.8. The van der Waals surface area contributed by atoms with E-state index in [9.17, 15) is 9.18 Å². The summed E-state index contributed by atoms with van der Waals surface area (Å²) >= 11 is 5.02. The van der Waals surface area contributed by atoms with Crippen molar-refractivity contribution in [1.29, 1.82) is 0 Å². The molecule has 5 nitrogen and oxygen atoms in total. The van der Waals surface area contributed by atoms with Crippen LogP contribution in [0.3, 0.4) is 0 Å². The quantitative estimate of drug-likeness (QED) is 0.586. The zero-order valence-corrected chi connectivity index (χ0v) is 14.2. The molecule has 0 bridgehead atoms. The normalized spacial score (nSPS) is 9.96. The molecule has 0 aliphatic rings. The molecule has 24 heavy (non-hydrogen) atoms. The van der Waals surface area contributed by atoms with Gasteiger partial charge in [-0.15, -0.1) is 0 Å². The lowest BCUT2D eigenvalue weighted by molar-refractivity contribution is -0.123. The van der Waals surface area contributed by atoms with Gasteiger partial charge in [0.15, 0.2) is 11.7 Å². The fourth-order valence-corrected chi connectivity index (χ4v) is 1.98. The summed E-state index contributed by atoms with van der Waals surface area (Å²) in [4.78, 5) is 11.7. The van der Waals surface area contributed by atoms with Crippen LogP contribution in [0.15, 0.2) is 42.5 Å². The van der Waals surface area contributed by atoms with Crippen LogP contribution in [-0.2, 0) is 4.79 Å². The lowest BCUT2D eigenvalue weighted by atomic mass is 10.1. The minimum atomic E-state index is -0.378. The Balaban J connectivity index is 1.73. The molecule has 0 aliphatic carbocycles. The minimum absolute atomic E-state index is 0.144. The van der Waals surface area contributed by atoms with E-state index in [0.717, 1.165) is 11.1 Å². The molecule has 0 heterocycles. The summed E-state index contributed by atoms with van der Waals surface area (Å²) in [5.41, 5.74) is 7.83. The third kappa shape index (κ3) is 5.51. The molecule has 0 unspecified atom stereocenters. The number of aryl methyl sites for hydroxylation is 2. The number of thiocarbonyl (C=S) groups is 1. The predicted molar refractivity (Wildman–Crippen MR) is 95.3 cm³/mol. The largest absolute Gasteiger partial charge is 0.484 e. The Hall–Kier alpha value is -2.67. The average molecular weight is 347 g/mol. The van der Waals surface area contributed by atoms with Gasteiger partial charge in [-0.1, -0.05) is 6.07 Å². The summed E-state index contributed by atoms with van der Waals surface area (Å²) in [6.07, 6.45) is 0. The predicted octanol–water partition coefficient (Wildman–Crippen LogP) is 2.84. The number of carbonyl (C=O) groups is 1. The molecule has 2 rings (SSSR count). The summed E-state index contributed by atoms with van der Waals surface area (Å²) in [6, 6.07) is 11.3. The van der Waals surface area contributed by atoms with Gasteiger partial charge in [0.05, 0.1) is 0 Å². The fraction of sp³-hybridized carbons (Fsp3) is 0.176. The number of benzene rings is 2. The van der Waals surface area contributed by atoms with Gasteiger partial charge in [0.25, 0.3) is 5.91 Å². The summed E-state index contributed by atoms with van der Waals surface area (Å²) in [5, 5.41) is 2.99. The first-order chi connectivity index (χ1) is 11.4. The van der Waals surface area contributed by atoms with E-state index >= 15 is 0 Å². The monoisotopic (exact) mass is 347 g/mol. The van der Waals surface area contributed by atoms with Gasteiger partial charge in [0.1, 0.15) is 11.6 Å². The van der Waals surface area contributed by atoms with E-state index in [1.165, 1.54) is 24.3 Å². The fourth-order valence-electron chi connectivity index (χ4n) is 1.81. The van der Waals surface area contributed by atoms with Gasteiger partial charge in [-0.3, -0.25) is 15.6 Å². The molecule has 0 fully saturated rings. The Bertz CT molecular complexity index is 735. The van der Waals surface area contributed by atoms with E-state index in [4.69, 9.17) is 17.0 Å². The van der Waals surface area contributed by atoms with Crippen LogP contribution in [0.2, 0.25) is 0 Å². The van der Waals surface area contributed by atoms with Crippen molar-refractivity contribution < 1.29 is 13.9 Å². The summed E-state index contributed by atoms with van der Waals surface area (Å²) < 4.78 is 18.2. The molecule has 0 spiro atoms. The third-order valence-corrected chi connectivity index (χ3v) is 3.47. The molecule has 7 heteroatoms. The van der Waals surface area contributed by atoms with Crippen molar-refractivity contribution in [3.8, 4) is 5.75 Å². The number of nitrogens with one attached hydrogen (secondary N) is 3. The molecule has 2 aromatic carbocycles. The molecule has 126 valence electrons. The van der Waals surface area contributed by atoms with Crippen LogP contribution < -0.4 is 20.9 Å². The Morgan fingerprint density at radius 2 is 1.79 bits per heavy atom. The van der Waals surface area contributed by atoms with E-state index in [2.05, 4.69) is 16.2 Å². The summed E-state index contributed by atoms with van der Waals surface area (Å²) in [6.45, 7) is 3.84. The van der Waals surface area contributed by atoms with E-state index in [0.29, 0.717) is 11.4 Å². The van der Waals surface area contributed by atoms with Crippen molar-refractivity contribution in [3.05, 3.63) is 59.4 Å². The first-order valence-electron chi connectivity index (χ1n) is 7.25. The molecule has 0 saturated heterocycles. The highest BCUT2D eigenvalue weighted by atomic mass is 32.1. The van der Waals surface area contributed by atoms with Crippen LogP contribution in [0.5, 0.6) is 5.75 Å². The highest BCUT2D eigenvalue weighted by Gasteiger charge is 2.05. The van der Waals surface area contributed by atoms with E-state index in [1.807, 2.05) is 32.0 Å². The summed E-state index contributed by atoms with van der Waals surface area (Å²) in [7, 11) is 0. The van der Waals surface area contributed by atoms with E-state index in [-0.39, 0.29) is 23.4 Å². The minimum Gasteiger partial charge on any atom is -0.484 e. The highest BCUT2D eigenvalue weighted by molar-refractivity contribution is 7.80. The first-order valence-corrected chi connectivity index (χ1v) is 7.66. The van der Waals surface area contributed by atoms with E-state index < -0.39 is 0 Å². The number of anilines is 1. The Morgan fingerprint density at radius 3 is 2.46 bits per heavy atom. The SMILES string of the molecule is Cc1ccc(OCC(=O)NNC(=S)Nc2ccc(F)cc2)cc1C. The number of carbonyl (C=O) groups excluding carboxylic acids is 1. The molecule has 0 saturated carbocycles. The number of rotatable bonds is 4. The third-order valence-electron chi connectivity index (χ3n) is 3.27. The Morgan fingerprint density at radius 1 is 1.08 bits per heavy atom. The lowest BCUT2D eigenvalue weighted by Gasteiger charge is -2.12. The second-order valence-corrected chi connectivity index (χ2v) is 5.58. The number of hydrogen-bond donors (Lipinski definition) is 3. The standard InChI is InChI=1S/C17H18FN3O2S/c1-11-3-8-15(9-12(11)2)23-10-16(22)20-21-17(24)19-14-6-4-13(18)5-7-14/h3-9H,10H2,1-2H3,(H,20,22)(H2,19,21,24). The van der Waals surface area contributed by atoms with Crippen molar-refractivity contribution in [2.75, 3.05) is 11.9 Å². The van der Waals surface area contributed by atoms with Crippen LogP contribution >= 0.6 is 12.2 Å². The van der Waals surface area contributed by atoms with Crippen LogP contribution in [-0.4, -0.2) is 17.6 Å². The molecular weight excluding hydrogens is 329 g/mol. The van der Waals surface area contributed by atoms with E-state index in [1.54, 1.807) is 0 Å². The second-order valence-electron chi connectivity index (χ2n) is 5.17. The molecule has 1 amide bonds. The van der Waals surface area contributed by atoms with Crippen molar-refractivity contribution in [3.63, 3.8) is 0 Å². The van der Waals surface area contributed by atoms with Gasteiger partial charge >= 0.3 is 0 Å². The van der Waals surface area contributed by atoms with Gasteiger partial charge in [-0.2, -0.15) is 0 Å². The van der Waals surface area contributed by atoms with Crippen molar-refractivity contribution in [2.45, 2.75) is 13.8 Å². The van der Waals surface area contributed by atoms with Crippen LogP contribution in [0.4, 0.5) is 10.1 Å².